The van der Waals surface area contributed by atoms with E-state index in [1.54, 1.807) is 30.3 Å². The van der Waals surface area contributed by atoms with E-state index in [1.807, 2.05) is 0 Å². The molecule has 0 amide bonds. The first-order valence-corrected chi connectivity index (χ1v) is 5.48. The minimum Gasteiger partial charge on any atom is -0.340 e. The van der Waals surface area contributed by atoms with Crippen LogP contribution in [-0.4, -0.2) is 9.55 Å². The van der Waals surface area contributed by atoms with Crippen LogP contribution in [0.25, 0.3) is 21.9 Å². The van der Waals surface area contributed by atoms with E-state index in [2.05, 4.69) is 15.9 Å². The van der Waals surface area contributed by atoms with Gasteiger partial charge >= 0.3 is 0 Å². The summed E-state index contributed by atoms with van der Waals surface area (Å²) in [5.41, 5.74) is 0.328. The Morgan fingerprint density at radius 2 is 2.10 bits per heavy atom. The van der Waals surface area contributed by atoms with Crippen molar-refractivity contribution in [3.05, 3.63) is 78.3 Å². The van der Waals surface area contributed by atoms with Crippen LogP contribution in [0.15, 0.2) is 60.8 Å². The van der Waals surface area contributed by atoms with E-state index in [0.717, 1.165) is 0 Å². The van der Waals surface area contributed by atoms with Crippen molar-refractivity contribution in [2.24, 2.45) is 0 Å². The van der Waals surface area contributed by atoms with Crippen molar-refractivity contribution in [1.29, 1.82) is 0 Å². The zero-order chi connectivity index (χ0) is 17.4. The molecule has 4 heteroatoms. The van der Waals surface area contributed by atoms with Crippen LogP contribution < -0.4 is 0 Å². The summed E-state index contributed by atoms with van der Waals surface area (Å²) in [5.74, 6) is 0.0830. The van der Waals surface area contributed by atoms with Crippen LogP contribution in [-0.2, 0) is 20.1 Å². The van der Waals surface area contributed by atoms with Gasteiger partial charge in [0.15, 0.2) is 0 Å². The molecule has 99 valence electrons. The van der Waals surface area contributed by atoms with Crippen molar-refractivity contribution in [1.82, 2.24) is 9.55 Å². The average Bonchev–Trinajstić information content (AvgIpc) is 2.87. The Hall–Kier alpha value is -2.21. The van der Waals surface area contributed by atoms with Crippen molar-refractivity contribution in [3.8, 4) is 17.1 Å². The van der Waals surface area contributed by atoms with Crippen LogP contribution >= 0.6 is 0 Å². The summed E-state index contributed by atoms with van der Waals surface area (Å²) in [4.78, 5) is 7.16. The third-order valence-electron chi connectivity index (χ3n) is 2.50. The second kappa shape index (κ2) is 6.29. The molecule has 3 rings (SSSR count). The number of rotatable bonds is 2. The van der Waals surface area contributed by atoms with Crippen molar-refractivity contribution < 1.29 is 27.0 Å². The molecule has 0 aliphatic rings. The molecule has 1 heterocycles. The van der Waals surface area contributed by atoms with E-state index in [-0.39, 0.29) is 67.7 Å². The molecular weight excluding hydrogens is 426 g/mol. The van der Waals surface area contributed by atoms with Crippen LogP contribution in [0.4, 0.5) is 5.69 Å². The molecule has 0 atom stereocenters. The van der Waals surface area contributed by atoms with Gasteiger partial charge in [0.25, 0.3) is 0 Å². The Morgan fingerprint density at radius 1 is 1.30 bits per heavy atom. The third kappa shape index (κ3) is 2.70. The van der Waals surface area contributed by atoms with Gasteiger partial charge in [0, 0.05) is 39.5 Å². The Balaban J connectivity index is 0.00000225. The van der Waals surface area contributed by atoms with Crippen LogP contribution in [0.2, 0.25) is 0 Å². The zero-order valence-electron chi connectivity index (χ0n) is 15.1. The second-order valence-electron chi connectivity index (χ2n) is 3.67. The molecule has 0 saturated carbocycles. The normalized spacial score (nSPS) is 13.1. The summed E-state index contributed by atoms with van der Waals surface area (Å²) >= 11 is 0. The monoisotopic (exact) mass is 442 g/mol. The number of imidazole rings is 1. The zero-order valence-corrected chi connectivity index (χ0v) is 12.5. The number of para-hydroxylation sites is 1. The SMILES string of the molecule is [2H]c1[c-]c(-c2nc([2H])c([2H])n2-c2ccccc2)c([2H])c([N+]#[C-])c1[2H].[Ir]. The topological polar surface area (TPSA) is 22.2 Å². The number of hydrogen-bond donors (Lipinski definition) is 0. The first-order chi connectivity index (χ1) is 11.5. The van der Waals surface area contributed by atoms with Gasteiger partial charge in [0.1, 0.15) is 5.69 Å². The molecule has 0 aliphatic heterocycles. The molecule has 0 fully saturated rings. The van der Waals surface area contributed by atoms with Gasteiger partial charge < -0.3 is 4.57 Å². The average molecular weight is 442 g/mol. The van der Waals surface area contributed by atoms with E-state index in [1.165, 1.54) is 4.57 Å². The van der Waals surface area contributed by atoms with Gasteiger partial charge in [0.2, 0.25) is 0 Å². The predicted molar refractivity (Wildman–Crippen MR) is 74.1 cm³/mol. The van der Waals surface area contributed by atoms with Gasteiger partial charge in [-0.05, 0) is 14.9 Å². The van der Waals surface area contributed by atoms with Gasteiger partial charge in [-0.25, -0.2) is 0 Å². The van der Waals surface area contributed by atoms with Crippen LogP contribution in [0.5, 0.6) is 0 Å². The number of nitrogens with zero attached hydrogens (tertiary/aromatic N) is 3. The van der Waals surface area contributed by atoms with E-state index in [4.69, 9.17) is 13.4 Å². The van der Waals surface area contributed by atoms with Gasteiger partial charge in [-0.2, -0.15) is 6.04 Å². The Labute approximate surface area is 138 Å². The summed E-state index contributed by atoms with van der Waals surface area (Å²) < 4.78 is 40.9. The molecule has 0 saturated heterocycles. The number of benzene rings is 2. The van der Waals surface area contributed by atoms with E-state index < -0.39 is 0 Å². The van der Waals surface area contributed by atoms with Gasteiger partial charge in [-0.15, -0.1) is 23.7 Å². The molecule has 3 nitrogen and oxygen atoms in total. The number of aromatic nitrogens is 2. The fraction of sp³-hybridized carbons (Fsp3) is 0. The van der Waals surface area contributed by atoms with E-state index in [0.29, 0.717) is 5.69 Å². The molecule has 2 aromatic carbocycles. The minimum absolute atomic E-state index is 0. The van der Waals surface area contributed by atoms with Crippen LogP contribution in [0.3, 0.4) is 0 Å². The summed E-state index contributed by atoms with van der Waals surface area (Å²) in [5, 5.41) is 0. The largest absolute Gasteiger partial charge is 0.340 e. The summed E-state index contributed by atoms with van der Waals surface area (Å²) in [6.07, 6.45) is -0.456. The molecule has 0 aliphatic carbocycles. The fourth-order valence-corrected chi connectivity index (χ4v) is 1.66. The van der Waals surface area contributed by atoms with E-state index >= 15 is 0 Å². The molecule has 0 spiro atoms. The first kappa shape index (κ1) is 8.86. The first-order valence-electron chi connectivity index (χ1n) is 7.98. The standard InChI is InChI=1S/C16H10N3.Ir/c1-17-14-7-5-6-13(12-14)16-18-10-11-19(16)15-8-3-2-4-9-15;/h2-5,7-12H;/q-1;/i5D,7D,10D,11D,12D;. The predicted octanol–water partition coefficient (Wildman–Crippen LogP) is 3.89. The Kier molecular flexibility index (Phi) is 2.79. The van der Waals surface area contributed by atoms with Gasteiger partial charge in [-0.3, -0.25) is 9.83 Å². The van der Waals surface area contributed by atoms with Crippen LogP contribution in [0.1, 0.15) is 6.85 Å². The molecule has 0 unspecified atom stereocenters. The van der Waals surface area contributed by atoms with Gasteiger partial charge in [0.05, 0.1) is 15.1 Å². The summed E-state index contributed by atoms with van der Waals surface area (Å²) in [7, 11) is 0. The molecular formula is C16H10IrN3-. The van der Waals surface area contributed by atoms with Crippen molar-refractivity contribution in [3.63, 3.8) is 0 Å². The Morgan fingerprint density at radius 3 is 2.85 bits per heavy atom. The summed E-state index contributed by atoms with van der Waals surface area (Å²) in [6, 6.07) is 10.4. The quantitative estimate of drug-likeness (QED) is 0.553. The number of hydrogen-bond acceptors (Lipinski definition) is 1. The maximum absolute atomic E-state index is 8.14. The summed E-state index contributed by atoms with van der Waals surface area (Å²) in [6.45, 7) is 7.13. The molecule has 1 radical (unpaired) electrons. The van der Waals surface area contributed by atoms with Crippen molar-refractivity contribution in [2.45, 2.75) is 0 Å². The Bertz CT molecular complexity index is 980. The molecule has 20 heavy (non-hydrogen) atoms. The maximum atomic E-state index is 8.14. The fourth-order valence-electron chi connectivity index (χ4n) is 1.66. The van der Waals surface area contributed by atoms with Crippen molar-refractivity contribution >= 4 is 5.69 Å². The van der Waals surface area contributed by atoms with Gasteiger partial charge in [-0.1, -0.05) is 18.2 Å². The molecule has 0 bridgehead atoms. The smallest absolute Gasteiger partial charge is 0.109 e. The molecule has 3 aromatic rings. The van der Waals surface area contributed by atoms with Crippen molar-refractivity contribution in [2.75, 3.05) is 0 Å². The minimum atomic E-state index is -0.367. The van der Waals surface area contributed by atoms with E-state index in [9.17, 15) is 0 Å². The third-order valence-corrected chi connectivity index (χ3v) is 2.50. The maximum Gasteiger partial charge on any atom is 0.109 e. The molecule has 0 N–H and O–H groups in total. The van der Waals surface area contributed by atoms with Crippen LogP contribution in [0, 0.1) is 12.6 Å². The molecule has 1 aromatic heterocycles. The second-order valence-corrected chi connectivity index (χ2v) is 3.67.